The number of aryl methyl sites for hydroxylation is 1. The Balaban J connectivity index is 3.00. The predicted molar refractivity (Wildman–Crippen MR) is 60.6 cm³/mol. The lowest BCUT2D eigenvalue weighted by atomic mass is 9.99. The Kier molecular flexibility index (Phi) is 3.75. The first kappa shape index (κ1) is 10.8. The van der Waals surface area contributed by atoms with Gasteiger partial charge in [-0.05, 0) is 44.0 Å². The summed E-state index contributed by atoms with van der Waals surface area (Å²) < 4.78 is 5.46. The van der Waals surface area contributed by atoms with Gasteiger partial charge >= 0.3 is 0 Å². The van der Waals surface area contributed by atoms with Gasteiger partial charge in [0.25, 0.3) is 0 Å². The van der Waals surface area contributed by atoms with Crippen LogP contribution in [0.2, 0.25) is 0 Å². The van der Waals surface area contributed by atoms with Crippen LogP contribution in [0.15, 0.2) is 30.9 Å². The van der Waals surface area contributed by atoms with E-state index < -0.39 is 0 Å². The monoisotopic (exact) mass is 189 g/mol. The molecule has 0 spiro atoms. The Hall–Kier alpha value is -1.24. The normalized spacial score (nSPS) is 12.2. The van der Waals surface area contributed by atoms with E-state index in [0.717, 1.165) is 11.3 Å². The van der Waals surface area contributed by atoms with Gasteiger partial charge in [0, 0.05) is 5.92 Å². The van der Waals surface area contributed by atoms with E-state index in [1.807, 2.05) is 25.1 Å². The summed E-state index contributed by atoms with van der Waals surface area (Å²) >= 11 is 0. The number of hydrogen-bond acceptors (Lipinski definition) is 1. The minimum absolute atomic E-state index is 0.133. The van der Waals surface area contributed by atoms with Crippen molar-refractivity contribution < 1.29 is 4.74 Å². The summed E-state index contributed by atoms with van der Waals surface area (Å²) in [5.74, 6) is 1.05. The van der Waals surface area contributed by atoms with E-state index in [9.17, 15) is 0 Å². The fourth-order valence-electron chi connectivity index (χ4n) is 1.38. The highest BCUT2D eigenvalue weighted by molar-refractivity contribution is 5.37. The molecule has 1 aromatic carbocycles. The predicted octanol–water partition coefficient (Wildman–Crippen LogP) is 3.50. The van der Waals surface area contributed by atoms with Crippen molar-refractivity contribution in [3.8, 4) is 5.75 Å². The van der Waals surface area contributed by atoms with Gasteiger partial charge in [-0.1, -0.05) is 12.1 Å². The van der Waals surface area contributed by atoms with Gasteiger partial charge in [-0.2, -0.15) is 0 Å². The first-order chi connectivity index (χ1) is 6.67. The number of hydrogen-bond donors (Lipinski definition) is 0. The molecule has 0 aliphatic carbocycles. The molecule has 1 radical (unpaired) electrons. The van der Waals surface area contributed by atoms with Crippen molar-refractivity contribution in [3.63, 3.8) is 0 Å². The van der Waals surface area contributed by atoms with Crippen LogP contribution in [0, 0.1) is 13.8 Å². The first-order valence-corrected chi connectivity index (χ1v) is 4.87. The maximum absolute atomic E-state index is 5.46. The number of rotatable bonds is 4. The molecule has 1 unspecified atom stereocenters. The van der Waals surface area contributed by atoms with Gasteiger partial charge in [-0.25, -0.2) is 0 Å². The van der Waals surface area contributed by atoms with Crippen LogP contribution in [0.5, 0.6) is 5.75 Å². The first-order valence-electron chi connectivity index (χ1n) is 4.87. The second kappa shape index (κ2) is 4.85. The van der Waals surface area contributed by atoms with Crippen LogP contribution in [0.4, 0.5) is 0 Å². The molecule has 0 aliphatic rings. The zero-order valence-electron chi connectivity index (χ0n) is 8.92. The van der Waals surface area contributed by atoms with E-state index >= 15 is 0 Å². The molecule has 0 aromatic heterocycles. The average Bonchev–Trinajstić information content (AvgIpc) is 2.16. The Bertz CT molecular complexity index is 315. The summed E-state index contributed by atoms with van der Waals surface area (Å²) in [6.07, 6.45) is 1.84. The van der Waals surface area contributed by atoms with Crippen molar-refractivity contribution in [2.75, 3.05) is 6.61 Å². The Morgan fingerprint density at radius 2 is 2.14 bits per heavy atom. The maximum Gasteiger partial charge on any atom is 0.119 e. The molecule has 1 rings (SSSR count). The molecule has 1 aromatic rings. The van der Waals surface area contributed by atoms with Gasteiger partial charge in [0.2, 0.25) is 0 Å². The summed E-state index contributed by atoms with van der Waals surface area (Å²) in [5.41, 5.74) is 2.35. The van der Waals surface area contributed by atoms with Crippen molar-refractivity contribution in [2.45, 2.75) is 19.8 Å². The van der Waals surface area contributed by atoms with E-state index in [0.29, 0.717) is 6.61 Å². The third-order valence-electron chi connectivity index (χ3n) is 2.10. The average molecular weight is 189 g/mol. The summed E-state index contributed by atoms with van der Waals surface area (Å²) in [7, 11) is 0. The third-order valence-corrected chi connectivity index (χ3v) is 2.10. The summed E-state index contributed by atoms with van der Waals surface area (Å²) in [5, 5.41) is 0. The molecular formula is C13H17O. The van der Waals surface area contributed by atoms with Crippen molar-refractivity contribution in [1.82, 2.24) is 0 Å². The van der Waals surface area contributed by atoms with Gasteiger partial charge < -0.3 is 4.74 Å². The van der Waals surface area contributed by atoms with Crippen LogP contribution < -0.4 is 4.74 Å². The van der Waals surface area contributed by atoms with Crippen molar-refractivity contribution >= 4 is 0 Å². The molecule has 0 saturated carbocycles. The largest absolute Gasteiger partial charge is 0.494 e. The number of benzene rings is 1. The lowest BCUT2D eigenvalue weighted by Gasteiger charge is -2.10. The molecule has 1 heteroatoms. The highest BCUT2D eigenvalue weighted by Gasteiger charge is 2.04. The fourth-order valence-corrected chi connectivity index (χ4v) is 1.38. The van der Waals surface area contributed by atoms with Gasteiger partial charge in [0.05, 0.1) is 6.61 Å². The van der Waals surface area contributed by atoms with E-state index in [1.165, 1.54) is 5.56 Å². The molecule has 1 atom stereocenters. The van der Waals surface area contributed by atoms with Gasteiger partial charge in [0.15, 0.2) is 0 Å². The Morgan fingerprint density at radius 1 is 1.43 bits per heavy atom. The number of ether oxygens (including phenoxy) is 1. The van der Waals surface area contributed by atoms with Gasteiger partial charge in [-0.15, -0.1) is 6.58 Å². The standard InChI is InChI=1S/C13H17O/c1-5-11(4)12-7-10(3)8-13(9-12)14-6-2/h5,7-9,11H,1,4,6H2,2-3H3. The van der Waals surface area contributed by atoms with Crippen LogP contribution >= 0.6 is 0 Å². The SMILES string of the molecule is [CH2]C(C=C)c1cc(C)cc(OCC)c1. The summed E-state index contributed by atoms with van der Waals surface area (Å²) in [6.45, 7) is 12.5. The molecule has 14 heavy (non-hydrogen) atoms. The van der Waals surface area contributed by atoms with Crippen LogP contribution in [0.25, 0.3) is 0 Å². The van der Waals surface area contributed by atoms with E-state index in [4.69, 9.17) is 4.74 Å². The van der Waals surface area contributed by atoms with Crippen LogP contribution in [-0.4, -0.2) is 6.61 Å². The minimum Gasteiger partial charge on any atom is -0.494 e. The zero-order chi connectivity index (χ0) is 10.6. The van der Waals surface area contributed by atoms with E-state index in [-0.39, 0.29) is 5.92 Å². The molecule has 0 N–H and O–H groups in total. The highest BCUT2D eigenvalue weighted by Crippen LogP contribution is 2.23. The summed E-state index contributed by atoms with van der Waals surface area (Å²) in [4.78, 5) is 0. The van der Waals surface area contributed by atoms with Gasteiger partial charge in [-0.3, -0.25) is 0 Å². The molecule has 1 nitrogen and oxygen atoms in total. The maximum atomic E-state index is 5.46. The van der Waals surface area contributed by atoms with Crippen LogP contribution in [0.1, 0.15) is 24.0 Å². The molecule has 0 heterocycles. The topological polar surface area (TPSA) is 9.23 Å². The van der Waals surface area contributed by atoms with E-state index in [1.54, 1.807) is 0 Å². The Labute approximate surface area is 86.4 Å². The van der Waals surface area contributed by atoms with Gasteiger partial charge in [0.1, 0.15) is 5.75 Å². The zero-order valence-corrected chi connectivity index (χ0v) is 8.92. The molecular weight excluding hydrogens is 172 g/mol. The van der Waals surface area contributed by atoms with E-state index in [2.05, 4.69) is 26.5 Å². The van der Waals surface area contributed by atoms with Crippen molar-refractivity contribution in [3.05, 3.63) is 48.9 Å². The fraction of sp³-hybridized carbons (Fsp3) is 0.308. The second-order valence-corrected chi connectivity index (χ2v) is 3.35. The molecule has 0 fully saturated rings. The molecule has 0 amide bonds. The third kappa shape index (κ3) is 2.63. The minimum atomic E-state index is 0.133. The summed E-state index contributed by atoms with van der Waals surface area (Å²) in [6, 6.07) is 6.17. The number of allylic oxidation sites excluding steroid dienone is 1. The van der Waals surface area contributed by atoms with Crippen molar-refractivity contribution in [2.24, 2.45) is 0 Å². The second-order valence-electron chi connectivity index (χ2n) is 3.35. The molecule has 0 bridgehead atoms. The van der Waals surface area contributed by atoms with Crippen LogP contribution in [0.3, 0.4) is 0 Å². The Morgan fingerprint density at radius 3 is 2.71 bits per heavy atom. The van der Waals surface area contributed by atoms with Crippen LogP contribution in [-0.2, 0) is 0 Å². The quantitative estimate of drug-likeness (QED) is 0.659. The van der Waals surface area contributed by atoms with Crippen molar-refractivity contribution in [1.29, 1.82) is 0 Å². The smallest absolute Gasteiger partial charge is 0.119 e. The highest BCUT2D eigenvalue weighted by atomic mass is 16.5. The lowest BCUT2D eigenvalue weighted by molar-refractivity contribution is 0.339. The lowest BCUT2D eigenvalue weighted by Crippen LogP contribution is -1.95. The molecule has 75 valence electrons. The molecule has 0 aliphatic heterocycles. The molecule has 0 saturated heterocycles.